The first-order chi connectivity index (χ1) is 10.4. The topological polar surface area (TPSA) is 81.1 Å². The summed E-state index contributed by atoms with van der Waals surface area (Å²) in [6.45, 7) is 1.85. The Bertz CT molecular complexity index is 369. The lowest BCUT2D eigenvalue weighted by Crippen LogP contribution is -2.54. The van der Waals surface area contributed by atoms with Gasteiger partial charge in [0.2, 0.25) is 0 Å². The number of alkyl halides is 1. The largest absolute Gasteiger partial charge is 0.315 e. The van der Waals surface area contributed by atoms with Crippen molar-refractivity contribution in [3.8, 4) is 0 Å². The van der Waals surface area contributed by atoms with E-state index in [9.17, 15) is 9.18 Å². The Hall–Kier alpha value is -0.520. The zero-order valence-corrected chi connectivity index (χ0v) is 13.8. The van der Waals surface area contributed by atoms with Crippen LogP contribution in [0.15, 0.2) is 0 Å². The van der Waals surface area contributed by atoms with Crippen molar-refractivity contribution in [2.75, 3.05) is 6.54 Å². The summed E-state index contributed by atoms with van der Waals surface area (Å²) in [6, 6.07) is -0.105. The van der Waals surface area contributed by atoms with Gasteiger partial charge in [0.05, 0.1) is 12.1 Å². The molecule has 0 radical (unpaired) electrons. The molecule has 1 heterocycles. The fourth-order valence-corrected chi connectivity index (χ4v) is 4.55. The molecule has 1 aliphatic heterocycles. The van der Waals surface area contributed by atoms with E-state index in [-0.39, 0.29) is 17.2 Å². The van der Waals surface area contributed by atoms with Crippen molar-refractivity contribution in [3.63, 3.8) is 0 Å². The number of hydrogen-bond donors (Lipinski definition) is 3. The molecule has 1 saturated carbocycles. The van der Waals surface area contributed by atoms with E-state index in [1.54, 1.807) is 6.92 Å². The van der Waals surface area contributed by atoms with Gasteiger partial charge in [-0.3, -0.25) is 4.79 Å². The van der Waals surface area contributed by atoms with Crippen LogP contribution in [0.1, 0.15) is 64.7 Å². The van der Waals surface area contributed by atoms with Crippen LogP contribution in [0.4, 0.5) is 4.39 Å². The van der Waals surface area contributed by atoms with Crippen molar-refractivity contribution in [2.45, 2.75) is 83.1 Å². The molecule has 0 aromatic rings. The summed E-state index contributed by atoms with van der Waals surface area (Å²) in [6.07, 6.45) is 8.13. The number of rotatable bonds is 3. The molecule has 1 aliphatic carbocycles. The van der Waals surface area contributed by atoms with Gasteiger partial charge in [0.15, 0.2) is 0 Å². The molecule has 0 aromatic heterocycles. The standard InChI is InChI=1S/C17H32FN3O/c1-12(22)15(16(19)20)14-10-17(7-3-2-4-8-17)9-5-6-13(18)11-21-14/h13-16,21H,2-11,19-20H2,1H3. The Labute approximate surface area is 133 Å². The van der Waals surface area contributed by atoms with E-state index in [1.807, 2.05) is 0 Å². The van der Waals surface area contributed by atoms with E-state index < -0.39 is 18.3 Å². The van der Waals surface area contributed by atoms with Crippen molar-refractivity contribution in [3.05, 3.63) is 0 Å². The first-order valence-corrected chi connectivity index (χ1v) is 8.83. The van der Waals surface area contributed by atoms with E-state index in [4.69, 9.17) is 11.5 Å². The minimum Gasteiger partial charge on any atom is -0.315 e. The van der Waals surface area contributed by atoms with Crippen LogP contribution in [0.3, 0.4) is 0 Å². The van der Waals surface area contributed by atoms with Gasteiger partial charge in [-0.05, 0) is 50.9 Å². The van der Waals surface area contributed by atoms with Gasteiger partial charge in [-0.1, -0.05) is 19.3 Å². The lowest BCUT2D eigenvalue weighted by molar-refractivity contribution is -0.122. The van der Waals surface area contributed by atoms with Gasteiger partial charge < -0.3 is 16.8 Å². The van der Waals surface area contributed by atoms with Gasteiger partial charge in [0.25, 0.3) is 0 Å². The van der Waals surface area contributed by atoms with Crippen LogP contribution in [-0.4, -0.2) is 30.7 Å². The molecule has 2 rings (SSSR count). The monoisotopic (exact) mass is 313 g/mol. The summed E-state index contributed by atoms with van der Waals surface area (Å²) in [5.41, 5.74) is 12.0. The summed E-state index contributed by atoms with van der Waals surface area (Å²) in [5.74, 6) is -0.419. The van der Waals surface area contributed by atoms with Crippen LogP contribution in [0.5, 0.6) is 0 Å². The van der Waals surface area contributed by atoms with Gasteiger partial charge >= 0.3 is 0 Å². The number of nitrogens with one attached hydrogen (secondary N) is 1. The summed E-state index contributed by atoms with van der Waals surface area (Å²) in [7, 11) is 0. The first kappa shape index (κ1) is 17.8. The quantitative estimate of drug-likeness (QED) is 0.698. The molecule has 0 amide bonds. The molecule has 3 unspecified atom stereocenters. The summed E-state index contributed by atoms with van der Waals surface area (Å²) < 4.78 is 14.0. The molecular weight excluding hydrogens is 281 g/mol. The average molecular weight is 313 g/mol. The van der Waals surface area contributed by atoms with Crippen LogP contribution in [0, 0.1) is 11.3 Å². The average Bonchev–Trinajstić information content (AvgIpc) is 2.50. The van der Waals surface area contributed by atoms with Crippen molar-refractivity contribution in [2.24, 2.45) is 22.8 Å². The predicted molar refractivity (Wildman–Crippen MR) is 87.0 cm³/mol. The van der Waals surface area contributed by atoms with Crippen molar-refractivity contribution in [1.82, 2.24) is 5.32 Å². The van der Waals surface area contributed by atoms with E-state index in [2.05, 4.69) is 5.32 Å². The molecule has 4 nitrogen and oxygen atoms in total. The molecule has 1 spiro atoms. The van der Waals surface area contributed by atoms with Crippen LogP contribution in [0.25, 0.3) is 0 Å². The molecule has 5 N–H and O–H groups in total. The Kier molecular flexibility index (Phi) is 6.36. The second-order valence-electron chi connectivity index (χ2n) is 7.48. The van der Waals surface area contributed by atoms with Crippen molar-refractivity contribution in [1.29, 1.82) is 0 Å². The predicted octanol–water partition coefficient (Wildman–Crippen LogP) is 2.26. The Morgan fingerprint density at radius 3 is 2.41 bits per heavy atom. The molecule has 22 heavy (non-hydrogen) atoms. The lowest BCUT2D eigenvalue weighted by atomic mass is 9.66. The number of nitrogens with two attached hydrogens (primary N) is 2. The van der Waals surface area contributed by atoms with Crippen LogP contribution in [0.2, 0.25) is 0 Å². The maximum Gasteiger partial charge on any atom is 0.137 e. The molecule has 0 aromatic carbocycles. The van der Waals surface area contributed by atoms with Crippen molar-refractivity contribution >= 4 is 5.78 Å². The second kappa shape index (κ2) is 7.84. The second-order valence-corrected chi connectivity index (χ2v) is 7.48. The molecule has 5 heteroatoms. The van der Waals surface area contributed by atoms with Gasteiger partial charge in [-0.15, -0.1) is 0 Å². The molecule has 2 aliphatic rings. The number of hydrogen-bond acceptors (Lipinski definition) is 4. The highest BCUT2D eigenvalue weighted by Crippen LogP contribution is 2.45. The first-order valence-electron chi connectivity index (χ1n) is 8.83. The Morgan fingerprint density at radius 1 is 1.18 bits per heavy atom. The summed E-state index contributed by atoms with van der Waals surface area (Å²) in [5, 5.41) is 3.29. The SMILES string of the molecule is CC(=O)C(C(N)N)C1CC2(CCCCC2)CCCC(F)CN1. The maximum atomic E-state index is 14.0. The number of carbonyl (C=O) groups is 1. The van der Waals surface area contributed by atoms with Crippen molar-refractivity contribution < 1.29 is 9.18 Å². The number of ketones is 1. The van der Waals surface area contributed by atoms with E-state index in [1.165, 1.54) is 32.1 Å². The van der Waals surface area contributed by atoms with Gasteiger partial charge in [0, 0.05) is 12.6 Å². The number of Topliss-reactive ketones (excluding diaryl/α,β-unsaturated/α-hetero) is 1. The molecule has 2 fully saturated rings. The fraction of sp³-hybridized carbons (Fsp3) is 0.941. The van der Waals surface area contributed by atoms with Gasteiger partial charge in [-0.25, -0.2) is 4.39 Å². The number of halogens is 1. The smallest absolute Gasteiger partial charge is 0.137 e. The van der Waals surface area contributed by atoms with E-state index in [0.29, 0.717) is 13.0 Å². The highest BCUT2D eigenvalue weighted by molar-refractivity contribution is 5.79. The minimum atomic E-state index is -0.845. The highest BCUT2D eigenvalue weighted by Gasteiger charge is 2.39. The molecular formula is C17H32FN3O. The Morgan fingerprint density at radius 2 is 1.82 bits per heavy atom. The molecule has 1 saturated heterocycles. The normalized spacial score (nSPS) is 31.3. The molecule has 3 atom stereocenters. The maximum absolute atomic E-state index is 14.0. The molecule has 128 valence electrons. The van der Waals surface area contributed by atoms with Crippen LogP contribution < -0.4 is 16.8 Å². The van der Waals surface area contributed by atoms with Gasteiger partial charge in [-0.2, -0.15) is 0 Å². The van der Waals surface area contributed by atoms with Crippen LogP contribution in [-0.2, 0) is 4.79 Å². The third kappa shape index (κ3) is 4.49. The third-order valence-electron chi connectivity index (χ3n) is 5.71. The third-order valence-corrected chi connectivity index (χ3v) is 5.71. The number of carbonyl (C=O) groups excluding carboxylic acids is 1. The fourth-order valence-electron chi connectivity index (χ4n) is 4.55. The molecule has 0 bridgehead atoms. The summed E-state index contributed by atoms with van der Waals surface area (Å²) >= 11 is 0. The van der Waals surface area contributed by atoms with Crippen LogP contribution >= 0.6 is 0 Å². The summed E-state index contributed by atoms with van der Waals surface area (Å²) in [4.78, 5) is 12.0. The van der Waals surface area contributed by atoms with E-state index >= 15 is 0 Å². The minimum absolute atomic E-state index is 0.00751. The van der Waals surface area contributed by atoms with E-state index in [0.717, 1.165) is 19.3 Å². The highest BCUT2D eigenvalue weighted by atomic mass is 19.1. The zero-order chi connectivity index (χ0) is 16.2. The lowest BCUT2D eigenvalue weighted by Gasteiger charge is -2.42. The Balaban J connectivity index is 2.21. The van der Waals surface area contributed by atoms with Gasteiger partial charge in [0.1, 0.15) is 12.0 Å². The zero-order valence-electron chi connectivity index (χ0n) is 13.8.